The predicted octanol–water partition coefficient (Wildman–Crippen LogP) is 3.04. The van der Waals surface area contributed by atoms with E-state index in [1.165, 1.54) is 4.90 Å². The molecular formula is C18H15ClN2O4. The number of nitrogens with zero attached hydrogens (tertiary/aromatic N) is 1. The molecule has 6 nitrogen and oxygen atoms in total. The van der Waals surface area contributed by atoms with Crippen molar-refractivity contribution in [3.63, 3.8) is 0 Å². The van der Waals surface area contributed by atoms with Crippen LogP contribution in [0.2, 0.25) is 5.02 Å². The van der Waals surface area contributed by atoms with Gasteiger partial charge in [0.05, 0.1) is 6.54 Å². The summed E-state index contributed by atoms with van der Waals surface area (Å²) in [5.74, 6) is 0.920. The summed E-state index contributed by atoms with van der Waals surface area (Å²) in [5.41, 5.74) is 0.158. The summed E-state index contributed by atoms with van der Waals surface area (Å²) >= 11 is 6.23. The first kappa shape index (κ1) is 15.8. The van der Waals surface area contributed by atoms with Crippen LogP contribution in [0.25, 0.3) is 0 Å². The van der Waals surface area contributed by atoms with Gasteiger partial charge in [-0.1, -0.05) is 35.9 Å². The second-order valence-electron chi connectivity index (χ2n) is 6.11. The second-order valence-corrected chi connectivity index (χ2v) is 6.52. The van der Waals surface area contributed by atoms with Gasteiger partial charge in [-0.3, -0.25) is 9.69 Å². The minimum Gasteiger partial charge on any atom is -0.454 e. The van der Waals surface area contributed by atoms with Crippen LogP contribution >= 0.6 is 11.6 Å². The molecule has 0 aromatic heterocycles. The quantitative estimate of drug-likeness (QED) is 0.856. The molecule has 0 spiro atoms. The summed E-state index contributed by atoms with van der Waals surface area (Å²) in [6.07, 6.45) is 0. The summed E-state index contributed by atoms with van der Waals surface area (Å²) < 4.78 is 10.6. The van der Waals surface area contributed by atoms with Gasteiger partial charge in [0.1, 0.15) is 5.54 Å². The maximum absolute atomic E-state index is 13.0. The molecule has 0 bridgehead atoms. The van der Waals surface area contributed by atoms with Crippen LogP contribution in [0.4, 0.5) is 4.79 Å². The van der Waals surface area contributed by atoms with E-state index < -0.39 is 11.6 Å². The van der Waals surface area contributed by atoms with E-state index in [9.17, 15) is 9.59 Å². The number of benzene rings is 2. The molecule has 1 N–H and O–H groups in total. The minimum absolute atomic E-state index is 0.140. The highest BCUT2D eigenvalue weighted by atomic mass is 35.5. The third-order valence-corrected chi connectivity index (χ3v) is 4.79. The maximum Gasteiger partial charge on any atom is 0.325 e. The Morgan fingerprint density at radius 3 is 2.72 bits per heavy atom. The Morgan fingerprint density at radius 2 is 1.92 bits per heavy atom. The largest absolute Gasteiger partial charge is 0.454 e. The van der Waals surface area contributed by atoms with Gasteiger partial charge in [0.2, 0.25) is 6.79 Å². The number of amides is 3. The van der Waals surface area contributed by atoms with E-state index in [0.717, 1.165) is 5.56 Å². The van der Waals surface area contributed by atoms with Crippen LogP contribution in [0.15, 0.2) is 42.5 Å². The molecule has 25 heavy (non-hydrogen) atoms. The van der Waals surface area contributed by atoms with Crippen molar-refractivity contribution in [3.8, 4) is 11.5 Å². The molecule has 2 aromatic carbocycles. The molecule has 1 saturated heterocycles. The number of fused-ring (bicyclic) bond motifs is 1. The van der Waals surface area contributed by atoms with Crippen LogP contribution in [0.3, 0.4) is 0 Å². The SMILES string of the molecule is C[C@]1(c2ccccc2Cl)NC(=O)N(Cc2ccc3c(c2)OCO3)C1=O. The lowest BCUT2D eigenvalue weighted by atomic mass is 9.92. The Kier molecular flexibility index (Phi) is 3.58. The Balaban J connectivity index is 1.63. The summed E-state index contributed by atoms with van der Waals surface area (Å²) in [6.45, 7) is 1.97. The van der Waals surface area contributed by atoms with Gasteiger partial charge in [-0.25, -0.2) is 4.79 Å². The van der Waals surface area contributed by atoms with Gasteiger partial charge < -0.3 is 14.8 Å². The van der Waals surface area contributed by atoms with E-state index in [0.29, 0.717) is 22.1 Å². The van der Waals surface area contributed by atoms with Crippen molar-refractivity contribution in [3.05, 3.63) is 58.6 Å². The number of carbonyl (C=O) groups is 2. The van der Waals surface area contributed by atoms with Crippen LogP contribution in [0.5, 0.6) is 11.5 Å². The van der Waals surface area contributed by atoms with Gasteiger partial charge in [0.25, 0.3) is 5.91 Å². The van der Waals surface area contributed by atoms with Crippen molar-refractivity contribution in [1.29, 1.82) is 0 Å². The molecule has 0 saturated carbocycles. The van der Waals surface area contributed by atoms with Gasteiger partial charge in [-0.15, -0.1) is 0 Å². The molecule has 0 unspecified atom stereocenters. The summed E-state index contributed by atoms with van der Waals surface area (Å²) in [4.78, 5) is 26.6. The lowest BCUT2D eigenvalue weighted by Crippen LogP contribution is -2.41. The van der Waals surface area contributed by atoms with Crippen molar-refractivity contribution in [1.82, 2.24) is 10.2 Å². The number of imide groups is 1. The zero-order chi connectivity index (χ0) is 17.6. The third-order valence-electron chi connectivity index (χ3n) is 4.47. The van der Waals surface area contributed by atoms with E-state index in [4.69, 9.17) is 21.1 Å². The molecule has 4 rings (SSSR count). The number of hydrogen-bond donors (Lipinski definition) is 1. The molecule has 7 heteroatoms. The fourth-order valence-electron chi connectivity index (χ4n) is 3.11. The average Bonchev–Trinajstić information content (AvgIpc) is 3.14. The zero-order valence-corrected chi connectivity index (χ0v) is 14.2. The smallest absolute Gasteiger partial charge is 0.325 e. The van der Waals surface area contributed by atoms with Crippen LogP contribution in [-0.4, -0.2) is 23.6 Å². The molecule has 1 fully saturated rings. The lowest BCUT2D eigenvalue weighted by molar-refractivity contribution is -0.131. The fraction of sp³-hybridized carbons (Fsp3) is 0.222. The molecule has 2 aromatic rings. The van der Waals surface area contributed by atoms with Crippen molar-refractivity contribution in [2.45, 2.75) is 19.0 Å². The number of hydrogen-bond acceptors (Lipinski definition) is 4. The van der Waals surface area contributed by atoms with E-state index in [1.54, 1.807) is 49.4 Å². The first-order valence-corrected chi connectivity index (χ1v) is 8.14. The molecule has 1 atom stereocenters. The number of nitrogens with one attached hydrogen (secondary N) is 1. The van der Waals surface area contributed by atoms with Crippen molar-refractivity contribution in [2.24, 2.45) is 0 Å². The second kappa shape index (κ2) is 5.67. The summed E-state index contributed by atoms with van der Waals surface area (Å²) in [6, 6.07) is 11.9. The standard InChI is InChI=1S/C18H15ClN2O4/c1-18(12-4-2-3-5-13(12)19)16(22)21(17(23)20-18)9-11-6-7-14-15(8-11)25-10-24-14/h2-8H,9-10H2,1H3,(H,20,23)/t18-/m1/s1. The number of carbonyl (C=O) groups excluding carboxylic acids is 2. The van der Waals surface area contributed by atoms with Crippen LogP contribution < -0.4 is 14.8 Å². The summed E-state index contributed by atoms with van der Waals surface area (Å²) in [7, 11) is 0. The number of halogens is 1. The molecule has 0 radical (unpaired) electrons. The molecule has 2 aliphatic rings. The lowest BCUT2D eigenvalue weighted by Gasteiger charge is -2.23. The maximum atomic E-state index is 13.0. The predicted molar refractivity (Wildman–Crippen MR) is 90.5 cm³/mol. The fourth-order valence-corrected chi connectivity index (χ4v) is 3.44. The van der Waals surface area contributed by atoms with Gasteiger partial charge in [-0.2, -0.15) is 0 Å². The highest BCUT2D eigenvalue weighted by Gasteiger charge is 2.49. The minimum atomic E-state index is -1.19. The van der Waals surface area contributed by atoms with Gasteiger partial charge in [-0.05, 0) is 30.7 Å². The van der Waals surface area contributed by atoms with E-state index >= 15 is 0 Å². The van der Waals surface area contributed by atoms with Crippen molar-refractivity contribution >= 4 is 23.5 Å². The average molecular weight is 359 g/mol. The number of rotatable bonds is 3. The Bertz CT molecular complexity index is 885. The molecule has 3 amide bonds. The molecule has 128 valence electrons. The van der Waals surface area contributed by atoms with Gasteiger partial charge in [0, 0.05) is 10.6 Å². The van der Waals surface area contributed by atoms with Crippen molar-refractivity contribution in [2.75, 3.05) is 6.79 Å². The summed E-state index contributed by atoms with van der Waals surface area (Å²) in [5, 5.41) is 3.19. The number of ether oxygens (including phenoxy) is 2. The van der Waals surface area contributed by atoms with Crippen LogP contribution in [0, 0.1) is 0 Å². The Labute approximate surface area is 149 Å². The van der Waals surface area contributed by atoms with E-state index in [-0.39, 0.29) is 19.2 Å². The van der Waals surface area contributed by atoms with Gasteiger partial charge in [0.15, 0.2) is 11.5 Å². The normalized spacial score (nSPS) is 21.6. The van der Waals surface area contributed by atoms with Crippen LogP contribution in [0.1, 0.15) is 18.1 Å². The first-order chi connectivity index (χ1) is 12.0. The molecule has 2 aliphatic heterocycles. The van der Waals surface area contributed by atoms with E-state index in [1.807, 2.05) is 0 Å². The first-order valence-electron chi connectivity index (χ1n) is 7.77. The van der Waals surface area contributed by atoms with E-state index in [2.05, 4.69) is 5.32 Å². The monoisotopic (exact) mass is 358 g/mol. The Morgan fingerprint density at radius 1 is 1.16 bits per heavy atom. The number of urea groups is 1. The Hall–Kier alpha value is -2.73. The highest BCUT2D eigenvalue weighted by Crippen LogP contribution is 2.36. The van der Waals surface area contributed by atoms with Crippen molar-refractivity contribution < 1.29 is 19.1 Å². The topological polar surface area (TPSA) is 67.9 Å². The zero-order valence-electron chi connectivity index (χ0n) is 13.4. The molecular weight excluding hydrogens is 344 g/mol. The third kappa shape index (κ3) is 2.49. The molecule has 2 heterocycles. The van der Waals surface area contributed by atoms with Gasteiger partial charge >= 0.3 is 6.03 Å². The highest BCUT2D eigenvalue weighted by molar-refractivity contribution is 6.32. The molecule has 0 aliphatic carbocycles. The van der Waals surface area contributed by atoms with Crippen LogP contribution in [-0.2, 0) is 16.9 Å².